The van der Waals surface area contributed by atoms with Crippen LogP contribution in [0.4, 0.5) is 0 Å². The highest BCUT2D eigenvalue weighted by Crippen LogP contribution is 2.15. The Morgan fingerprint density at radius 1 is 1.36 bits per heavy atom. The first kappa shape index (κ1) is 14.6. The van der Waals surface area contributed by atoms with Crippen LogP contribution in [0, 0.1) is 5.92 Å². The summed E-state index contributed by atoms with van der Waals surface area (Å²) < 4.78 is 5.22. The lowest BCUT2D eigenvalue weighted by atomic mass is 10.00. The van der Waals surface area contributed by atoms with Crippen LogP contribution in [0.3, 0.4) is 0 Å². The Labute approximate surface area is 127 Å². The zero-order valence-corrected chi connectivity index (χ0v) is 12.2. The molecule has 1 saturated heterocycles. The fourth-order valence-electron chi connectivity index (χ4n) is 2.66. The second kappa shape index (κ2) is 6.62. The normalized spacial score (nSPS) is 18.1. The summed E-state index contributed by atoms with van der Waals surface area (Å²) >= 11 is 0. The van der Waals surface area contributed by atoms with Crippen molar-refractivity contribution in [2.75, 3.05) is 19.6 Å². The van der Waals surface area contributed by atoms with E-state index in [1.807, 2.05) is 0 Å². The molecule has 0 aromatic carbocycles. The Morgan fingerprint density at radius 3 is 2.95 bits per heavy atom. The molecule has 3 N–H and O–H groups in total. The van der Waals surface area contributed by atoms with Gasteiger partial charge < -0.3 is 20.0 Å². The smallest absolute Gasteiger partial charge is 0.261 e. The van der Waals surface area contributed by atoms with E-state index in [1.165, 1.54) is 12.3 Å². The maximum absolute atomic E-state index is 12.1. The summed E-state index contributed by atoms with van der Waals surface area (Å²) in [6.07, 6.45) is 3.76. The summed E-state index contributed by atoms with van der Waals surface area (Å²) in [7, 11) is 0. The standard InChI is InChI=1S/C16H19N3O3/c20-15(18-10-11-3-1-7-17-9-11)12-5-6-13(19-16(12)21)14-4-2-8-22-14/h2,4-6,8,11,17H,1,3,7,9-10H2,(H,18,20)(H,19,21). The highest BCUT2D eigenvalue weighted by Gasteiger charge is 2.16. The number of hydrogen-bond acceptors (Lipinski definition) is 4. The van der Waals surface area contributed by atoms with Gasteiger partial charge in [-0.25, -0.2) is 0 Å². The van der Waals surface area contributed by atoms with Gasteiger partial charge in [0, 0.05) is 6.54 Å². The molecule has 1 amide bonds. The summed E-state index contributed by atoms with van der Waals surface area (Å²) in [6.45, 7) is 2.54. The topological polar surface area (TPSA) is 87.1 Å². The summed E-state index contributed by atoms with van der Waals surface area (Å²) in [5.41, 5.74) is 0.273. The summed E-state index contributed by atoms with van der Waals surface area (Å²) in [4.78, 5) is 26.9. The van der Waals surface area contributed by atoms with Gasteiger partial charge in [0.15, 0.2) is 0 Å². The van der Waals surface area contributed by atoms with Gasteiger partial charge in [-0.3, -0.25) is 9.59 Å². The first-order valence-electron chi connectivity index (χ1n) is 7.50. The van der Waals surface area contributed by atoms with E-state index in [0.29, 0.717) is 23.9 Å². The molecule has 116 valence electrons. The van der Waals surface area contributed by atoms with E-state index in [4.69, 9.17) is 4.42 Å². The van der Waals surface area contributed by atoms with Crippen molar-refractivity contribution in [3.63, 3.8) is 0 Å². The number of rotatable bonds is 4. The van der Waals surface area contributed by atoms with E-state index in [2.05, 4.69) is 15.6 Å². The molecule has 3 heterocycles. The molecule has 0 aliphatic carbocycles. The number of piperidine rings is 1. The highest BCUT2D eigenvalue weighted by molar-refractivity contribution is 5.94. The maximum Gasteiger partial charge on any atom is 0.261 e. The Hall–Kier alpha value is -2.34. The number of carbonyl (C=O) groups excluding carboxylic acids is 1. The molecular weight excluding hydrogens is 282 g/mol. The van der Waals surface area contributed by atoms with E-state index >= 15 is 0 Å². The van der Waals surface area contributed by atoms with Crippen LogP contribution in [0.5, 0.6) is 0 Å². The van der Waals surface area contributed by atoms with Gasteiger partial charge in [0.1, 0.15) is 11.3 Å². The lowest BCUT2D eigenvalue weighted by Gasteiger charge is -2.22. The van der Waals surface area contributed by atoms with Crippen LogP contribution in [-0.2, 0) is 0 Å². The molecule has 1 unspecified atom stereocenters. The lowest BCUT2D eigenvalue weighted by molar-refractivity contribution is 0.0943. The maximum atomic E-state index is 12.1. The Balaban J connectivity index is 1.66. The van der Waals surface area contributed by atoms with E-state index in [1.54, 1.807) is 18.2 Å². The van der Waals surface area contributed by atoms with Crippen molar-refractivity contribution in [3.05, 3.63) is 46.4 Å². The third kappa shape index (κ3) is 3.28. The van der Waals surface area contributed by atoms with Gasteiger partial charge in [-0.15, -0.1) is 0 Å². The third-order valence-electron chi connectivity index (χ3n) is 3.89. The highest BCUT2D eigenvalue weighted by atomic mass is 16.3. The fraction of sp³-hybridized carbons (Fsp3) is 0.375. The van der Waals surface area contributed by atoms with Crippen molar-refractivity contribution in [2.24, 2.45) is 5.92 Å². The predicted octanol–water partition coefficient (Wildman–Crippen LogP) is 1.36. The molecule has 0 spiro atoms. The van der Waals surface area contributed by atoms with Gasteiger partial charge in [0.25, 0.3) is 11.5 Å². The van der Waals surface area contributed by atoms with Crippen LogP contribution in [-0.4, -0.2) is 30.5 Å². The molecular formula is C16H19N3O3. The molecule has 22 heavy (non-hydrogen) atoms. The van der Waals surface area contributed by atoms with Crippen LogP contribution in [0.2, 0.25) is 0 Å². The van der Waals surface area contributed by atoms with E-state index in [9.17, 15) is 9.59 Å². The van der Waals surface area contributed by atoms with Gasteiger partial charge in [-0.05, 0) is 56.1 Å². The van der Waals surface area contributed by atoms with Gasteiger partial charge >= 0.3 is 0 Å². The number of nitrogens with one attached hydrogen (secondary N) is 3. The monoisotopic (exact) mass is 301 g/mol. The van der Waals surface area contributed by atoms with Crippen molar-refractivity contribution in [1.82, 2.24) is 15.6 Å². The van der Waals surface area contributed by atoms with Crippen molar-refractivity contribution in [3.8, 4) is 11.5 Å². The second-order valence-corrected chi connectivity index (χ2v) is 5.51. The molecule has 2 aromatic heterocycles. The molecule has 6 nitrogen and oxygen atoms in total. The largest absolute Gasteiger partial charge is 0.463 e. The van der Waals surface area contributed by atoms with Crippen LogP contribution in [0.25, 0.3) is 11.5 Å². The minimum Gasteiger partial charge on any atom is -0.463 e. The summed E-state index contributed by atoms with van der Waals surface area (Å²) in [5, 5.41) is 6.14. The molecule has 0 bridgehead atoms. The number of furan rings is 1. The molecule has 2 aromatic rings. The number of hydrogen-bond donors (Lipinski definition) is 3. The zero-order valence-electron chi connectivity index (χ0n) is 12.2. The Morgan fingerprint density at radius 2 is 2.27 bits per heavy atom. The molecule has 1 atom stereocenters. The second-order valence-electron chi connectivity index (χ2n) is 5.51. The van der Waals surface area contributed by atoms with Gasteiger partial charge in [0.05, 0.1) is 12.0 Å². The van der Waals surface area contributed by atoms with Crippen LogP contribution >= 0.6 is 0 Å². The van der Waals surface area contributed by atoms with Crippen LogP contribution in [0.15, 0.2) is 39.7 Å². The predicted molar refractivity (Wildman–Crippen MR) is 82.7 cm³/mol. The minimum atomic E-state index is -0.409. The number of amides is 1. The number of pyridine rings is 1. The minimum absolute atomic E-state index is 0.124. The van der Waals surface area contributed by atoms with Gasteiger partial charge in [0.2, 0.25) is 0 Å². The number of aromatic amines is 1. The molecule has 1 fully saturated rings. The number of carbonyl (C=O) groups is 1. The average Bonchev–Trinajstić information content (AvgIpc) is 3.08. The van der Waals surface area contributed by atoms with Gasteiger partial charge in [-0.2, -0.15) is 0 Å². The lowest BCUT2D eigenvalue weighted by Crippen LogP contribution is -2.39. The molecule has 0 radical (unpaired) electrons. The van der Waals surface area contributed by atoms with Crippen molar-refractivity contribution >= 4 is 5.91 Å². The SMILES string of the molecule is O=C(NCC1CCCNC1)c1ccc(-c2ccco2)[nH]c1=O. The Bertz CT molecular complexity index is 685. The van der Waals surface area contributed by atoms with Crippen molar-refractivity contribution < 1.29 is 9.21 Å². The van der Waals surface area contributed by atoms with Crippen LogP contribution < -0.4 is 16.2 Å². The van der Waals surface area contributed by atoms with Gasteiger partial charge in [-0.1, -0.05) is 0 Å². The first-order chi connectivity index (χ1) is 10.7. The van der Waals surface area contributed by atoms with Crippen molar-refractivity contribution in [1.29, 1.82) is 0 Å². The third-order valence-corrected chi connectivity index (χ3v) is 3.89. The quantitative estimate of drug-likeness (QED) is 0.796. The molecule has 0 saturated carbocycles. The molecule has 1 aliphatic heterocycles. The van der Waals surface area contributed by atoms with Crippen LogP contribution in [0.1, 0.15) is 23.2 Å². The summed E-state index contributed by atoms with van der Waals surface area (Å²) in [6, 6.07) is 6.70. The first-order valence-corrected chi connectivity index (χ1v) is 7.50. The Kier molecular flexibility index (Phi) is 4.39. The molecule has 1 aliphatic rings. The van der Waals surface area contributed by atoms with E-state index in [-0.39, 0.29) is 11.5 Å². The fourth-order valence-corrected chi connectivity index (χ4v) is 2.66. The number of aromatic nitrogens is 1. The number of H-pyrrole nitrogens is 1. The zero-order chi connectivity index (χ0) is 15.4. The average molecular weight is 301 g/mol. The van der Waals surface area contributed by atoms with E-state index in [0.717, 1.165) is 25.9 Å². The molecule has 3 rings (SSSR count). The van der Waals surface area contributed by atoms with Crippen molar-refractivity contribution in [2.45, 2.75) is 12.8 Å². The van der Waals surface area contributed by atoms with E-state index < -0.39 is 5.56 Å². The summed E-state index contributed by atoms with van der Waals surface area (Å²) in [5.74, 6) is 0.661. The molecule has 6 heteroatoms.